The van der Waals surface area contributed by atoms with Crippen LogP contribution in [0.15, 0.2) is 12.7 Å². The molecule has 0 aromatic heterocycles. The SMILES string of the molecule is C=CCF.[H+]. The Morgan fingerprint density at radius 1 is 2.25 bits per heavy atom. The van der Waals surface area contributed by atoms with Gasteiger partial charge in [-0.1, -0.05) is 6.08 Å². The molecule has 1 heteroatoms. The third kappa shape index (κ3) is 1.67. The molecule has 0 saturated heterocycles. The molecule has 0 N–H and O–H groups in total. The summed E-state index contributed by atoms with van der Waals surface area (Å²) in [5, 5.41) is 0. The van der Waals surface area contributed by atoms with Gasteiger partial charge in [-0.3, -0.25) is 0 Å². The van der Waals surface area contributed by atoms with Crippen LogP contribution in [0.25, 0.3) is 0 Å². The van der Waals surface area contributed by atoms with Crippen molar-refractivity contribution in [2.24, 2.45) is 0 Å². The standard InChI is InChI=1S/C3H5F/c1-2-3-4/h2H,1,3H2/p+1. The van der Waals surface area contributed by atoms with Gasteiger partial charge in [-0.05, 0) is 0 Å². The summed E-state index contributed by atoms with van der Waals surface area (Å²) in [7, 11) is 0. The van der Waals surface area contributed by atoms with E-state index in [1.807, 2.05) is 0 Å². The van der Waals surface area contributed by atoms with Gasteiger partial charge in [0.05, 0.1) is 0 Å². The molecule has 0 rings (SSSR count). The van der Waals surface area contributed by atoms with Crippen molar-refractivity contribution in [2.75, 3.05) is 6.67 Å². The predicted molar refractivity (Wildman–Crippen MR) is 17.3 cm³/mol. The first-order valence-electron chi connectivity index (χ1n) is 1.08. The molecule has 0 atom stereocenters. The van der Waals surface area contributed by atoms with Crippen LogP contribution in [0.5, 0.6) is 0 Å². The first-order chi connectivity index (χ1) is 1.91. The van der Waals surface area contributed by atoms with Gasteiger partial charge in [-0.2, -0.15) is 0 Å². The quantitative estimate of drug-likeness (QED) is 0.400. The smallest absolute Gasteiger partial charge is 0.247 e. The van der Waals surface area contributed by atoms with Gasteiger partial charge in [0.2, 0.25) is 0 Å². The van der Waals surface area contributed by atoms with Crippen molar-refractivity contribution in [1.82, 2.24) is 0 Å². The molecule has 0 aliphatic carbocycles. The van der Waals surface area contributed by atoms with E-state index in [4.69, 9.17) is 0 Å². The van der Waals surface area contributed by atoms with Crippen LogP contribution in [0.4, 0.5) is 4.39 Å². The van der Waals surface area contributed by atoms with E-state index >= 15 is 0 Å². The minimum Gasteiger partial charge on any atom is -0.247 e. The van der Waals surface area contributed by atoms with E-state index in [1.54, 1.807) is 0 Å². The highest BCUT2D eigenvalue weighted by Crippen LogP contribution is 1.58. The highest BCUT2D eigenvalue weighted by Gasteiger charge is 1.49. The van der Waals surface area contributed by atoms with Gasteiger partial charge < -0.3 is 0 Å². The summed E-state index contributed by atoms with van der Waals surface area (Å²) in [5.41, 5.74) is 0. The van der Waals surface area contributed by atoms with Gasteiger partial charge in [0.25, 0.3) is 0 Å². The topological polar surface area (TPSA) is 0 Å². The molecule has 0 heterocycles. The van der Waals surface area contributed by atoms with Crippen molar-refractivity contribution >= 4 is 0 Å². The van der Waals surface area contributed by atoms with Crippen molar-refractivity contribution in [2.45, 2.75) is 0 Å². The summed E-state index contributed by atoms with van der Waals surface area (Å²) in [5.74, 6) is 0. The van der Waals surface area contributed by atoms with Crippen LogP contribution in [0, 0.1) is 0 Å². The van der Waals surface area contributed by atoms with E-state index in [-0.39, 0.29) is 1.43 Å². The Kier molecular flexibility index (Phi) is 2.45. The fraction of sp³-hybridized carbons (Fsp3) is 0.333. The number of halogens is 1. The predicted octanol–water partition coefficient (Wildman–Crippen LogP) is 1.25. The Hall–Kier alpha value is -0.330. The fourth-order valence-corrected chi connectivity index (χ4v) is 0. The lowest BCUT2D eigenvalue weighted by molar-refractivity contribution is 0.562. The molecule has 0 aliphatic rings. The van der Waals surface area contributed by atoms with E-state index in [0.717, 1.165) is 0 Å². The fourth-order valence-electron chi connectivity index (χ4n) is 0. The molecule has 0 amide bonds. The molecule has 24 valence electrons. The summed E-state index contributed by atoms with van der Waals surface area (Å²) in [6, 6.07) is 0. The molecule has 0 unspecified atom stereocenters. The summed E-state index contributed by atoms with van der Waals surface area (Å²) >= 11 is 0. The van der Waals surface area contributed by atoms with Crippen molar-refractivity contribution < 1.29 is 5.82 Å². The van der Waals surface area contributed by atoms with Gasteiger partial charge >= 0.3 is 1.43 Å². The van der Waals surface area contributed by atoms with Gasteiger partial charge in [0.15, 0.2) is 0 Å². The van der Waals surface area contributed by atoms with Gasteiger partial charge in [-0.15, -0.1) is 6.58 Å². The second-order valence-corrected chi connectivity index (χ2v) is 0.443. The van der Waals surface area contributed by atoms with Crippen molar-refractivity contribution in [3.8, 4) is 0 Å². The highest BCUT2D eigenvalue weighted by molar-refractivity contribution is 4.61. The molecular weight excluding hydrogens is 55.0 g/mol. The van der Waals surface area contributed by atoms with Crippen LogP contribution >= 0.6 is 0 Å². The normalized spacial score (nSPS) is 6.25. The highest BCUT2D eigenvalue weighted by atomic mass is 19.1. The Balaban J connectivity index is 0. The molecule has 0 spiro atoms. The van der Waals surface area contributed by atoms with E-state index in [1.165, 1.54) is 6.08 Å². The molecule has 4 heavy (non-hydrogen) atoms. The van der Waals surface area contributed by atoms with Gasteiger partial charge in [0.1, 0.15) is 6.67 Å². The third-order valence-electron chi connectivity index (χ3n) is 0.109. The van der Waals surface area contributed by atoms with Crippen LogP contribution in [0.2, 0.25) is 0 Å². The zero-order valence-corrected chi connectivity index (χ0v) is 2.37. The average molecular weight is 61.1 g/mol. The summed E-state index contributed by atoms with van der Waals surface area (Å²) in [4.78, 5) is 0. The number of rotatable bonds is 1. The molecule has 0 aromatic rings. The van der Waals surface area contributed by atoms with Crippen LogP contribution in [0.3, 0.4) is 0 Å². The van der Waals surface area contributed by atoms with Crippen molar-refractivity contribution in [3.63, 3.8) is 0 Å². The minimum absolute atomic E-state index is 0. The largest absolute Gasteiger partial charge is 1.00 e. The maximum Gasteiger partial charge on any atom is 1.00 e. The van der Waals surface area contributed by atoms with Gasteiger partial charge in [0, 0.05) is 0 Å². The number of alkyl halides is 1. The molecule has 0 nitrogen and oxygen atoms in total. The monoisotopic (exact) mass is 61.0 g/mol. The second-order valence-electron chi connectivity index (χ2n) is 0.443. The zero-order valence-electron chi connectivity index (χ0n) is 3.37. The van der Waals surface area contributed by atoms with Crippen LogP contribution in [0.1, 0.15) is 1.43 Å². The average Bonchev–Trinajstić information content (AvgIpc) is 1.37. The second kappa shape index (κ2) is 2.67. The van der Waals surface area contributed by atoms with E-state index < -0.39 is 6.67 Å². The Morgan fingerprint density at radius 2 is 2.50 bits per heavy atom. The molecule has 0 radical (unpaired) electrons. The van der Waals surface area contributed by atoms with Crippen molar-refractivity contribution in [3.05, 3.63) is 12.7 Å². The van der Waals surface area contributed by atoms with Crippen molar-refractivity contribution in [1.29, 1.82) is 0 Å². The summed E-state index contributed by atoms with van der Waals surface area (Å²) in [6.45, 7) is 2.69. The molecule has 0 saturated carbocycles. The third-order valence-corrected chi connectivity index (χ3v) is 0.109. The first-order valence-corrected chi connectivity index (χ1v) is 1.08. The van der Waals surface area contributed by atoms with E-state index in [2.05, 4.69) is 6.58 Å². The molecule has 0 aliphatic heterocycles. The first kappa shape index (κ1) is 3.67. The zero-order chi connectivity index (χ0) is 3.41. The number of hydrogen-bond donors (Lipinski definition) is 0. The number of hydrogen-bond acceptors (Lipinski definition) is 0. The molecule has 0 fully saturated rings. The Morgan fingerprint density at radius 3 is 2.50 bits per heavy atom. The molecule has 0 aromatic carbocycles. The Bertz CT molecular complexity index is 20.9. The molecule has 0 bridgehead atoms. The Labute approximate surface area is 26.4 Å². The van der Waals surface area contributed by atoms with E-state index in [9.17, 15) is 4.39 Å². The lowest BCUT2D eigenvalue weighted by Gasteiger charge is -1.54. The van der Waals surface area contributed by atoms with Gasteiger partial charge in [-0.25, -0.2) is 4.39 Å². The lowest BCUT2D eigenvalue weighted by Crippen LogP contribution is -1.48. The van der Waals surface area contributed by atoms with Crippen LogP contribution < -0.4 is 0 Å². The van der Waals surface area contributed by atoms with Crippen LogP contribution in [-0.4, -0.2) is 6.67 Å². The molecular formula is C3H6F+. The maximum absolute atomic E-state index is 10.6. The summed E-state index contributed by atoms with van der Waals surface area (Å²) < 4.78 is 10.6. The minimum atomic E-state index is -0.417. The summed E-state index contributed by atoms with van der Waals surface area (Å²) in [6.07, 6.45) is 1.21. The van der Waals surface area contributed by atoms with E-state index in [0.29, 0.717) is 0 Å². The number of allylic oxidation sites excluding steroid dienone is 1. The van der Waals surface area contributed by atoms with Crippen LogP contribution in [-0.2, 0) is 0 Å². The lowest BCUT2D eigenvalue weighted by atomic mass is 10.7. The maximum atomic E-state index is 10.6.